The van der Waals surface area contributed by atoms with Gasteiger partial charge in [-0.2, -0.15) is 0 Å². The first kappa shape index (κ1) is 16.4. The number of thiazole rings is 1. The zero-order valence-electron chi connectivity index (χ0n) is 12.9. The standard InChI is InChI=1S/C16H17FN4O2S/c17-12-2-1-3-13(10-12)19-14(22)11-4-7-21(8-5-11)16(23)20-15-18-6-9-24-15/h1-3,6,9-11H,4-5,7-8H2,(H,19,22)(H,18,20,23). The summed E-state index contributed by atoms with van der Waals surface area (Å²) in [5, 5.41) is 7.81. The molecule has 2 heterocycles. The number of nitrogens with zero attached hydrogens (tertiary/aromatic N) is 2. The number of benzene rings is 1. The van der Waals surface area contributed by atoms with E-state index in [2.05, 4.69) is 15.6 Å². The second-order valence-corrected chi connectivity index (χ2v) is 6.42. The van der Waals surface area contributed by atoms with Crippen LogP contribution in [0.15, 0.2) is 35.8 Å². The number of halogens is 1. The van der Waals surface area contributed by atoms with E-state index in [0.717, 1.165) is 0 Å². The third-order valence-corrected chi connectivity index (χ3v) is 4.58. The fraction of sp³-hybridized carbons (Fsp3) is 0.312. The number of urea groups is 1. The van der Waals surface area contributed by atoms with Gasteiger partial charge in [-0.1, -0.05) is 6.07 Å². The minimum absolute atomic E-state index is 0.138. The second kappa shape index (κ2) is 7.39. The van der Waals surface area contributed by atoms with Crippen LogP contribution in [0.4, 0.5) is 20.0 Å². The molecule has 8 heteroatoms. The molecular weight excluding hydrogens is 331 g/mol. The molecule has 126 valence electrons. The molecule has 3 rings (SSSR count). The maximum Gasteiger partial charge on any atom is 0.323 e. The van der Waals surface area contributed by atoms with E-state index in [4.69, 9.17) is 0 Å². The van der Waals surface area contributed by atoms with Gasteiger partial charge >= 0.3 is 6.03 Å². The van der Waals surface area contributed by atoms with Crippen molar-refractivity contribution in [3.63, 3.8) is 0 Å². The maximum absolute atomic E-state index is 13.1. The van der Waals surface area contributed by atoms with Gasteiger partial charge in [0.15, 0.2) is 5.13 Å². The molecule has 2 N–H and O–H groups in total. The highest BCUT2D eigenvalue weighted by atomic mass is 32.1. The van der Waals surface area contributed by atoms with Gasteiger partial charge in [-0.3, -0.25) is 10.1 Å². The molecule has 24 heavy (non-hydrogen) atoms. The zero-order chi connectivity index (χ0) is 16.9. The molecular formula is C16H17FN4O2S. The molecule has 0 radical (unpaired) electrons. The molecule has 1 aromatic carbocycles. The van der Waals surface area contributed by atoms with Gasteiger partial charge in [-0.15, -0.1) is 11.3 Å². The number of aromatic nitrogens is 1. The Labute approximate surface area is 142 Å². The Bertz CT molecular complexity index is 715. The largest absolute Gasteiger partial charge is 0.326 e. The number of hydrogen-bond donors (Lipinski definition) is 2. The first-order valence-corrected chi connectivity index (χ1v) is 8.51. The third kappa shape index (κ3) is 4.08. The number of rotatable bonds is 3. The zero-order valence-corrected chi connectivity index (χ0v) is 13.7. The van der Waals surface area contributed by atoms with E-state index in [1.54, 1.807) is 28.6 Å². The molecule has 1 aliphatic rings. The topological polar surface area (TPSA) is 74.3 Å². The fourth-order valence-electron chi connectivity index (χ4n) is 2.61. The van der Waals surface area contributed by atoms with Gasteiger partial charge in [-0.25, -0.2) is 14.2 Å². The normalized spacial score (nSPS) is 15.1. The lowest BCUT2D eigenvalue weighted by Crippen LogP contribution is -2.43. The number of carbonyl (C=O) groups excluding carboxylic acids is 2. The van der Waals surface area contributed by atoms with Crippen LogP contribution in [0.2, 0.25) is 0 Å². The molecule has 0 unspecified atom stereocenters. The van der Waals surface area contributed by atoms with Crippen molar-refractivity contribution in [1.29, 1.82) is 0 Å². The number of hydrogen-bond acceptors (Lipinski definition) is 4. The van der Waals surface area contributed by atoms with Crippen LogP contribution in [0, 0.1) is 11.7 Å². The highest BCUT2D eigenvalue weighted by Gasteiger charge is 2.27. The Morgan fingerprint density at radius 3 is 2.71 bits per heavy atom. The van der Waals surface area contributed by atoms with Gasteiger partial charge in [0.1, 0.15) is 5.82 Å². The van der Waals surface area contributed by atoms with Crippen LogP contribution in [0.3, 0.4) is 0 Å². The molecule has 1 saturated heterocycles. The molecule has 0 aliphatic carbocycles. The molecule has 0 bridgehead atoms. The lowest BCUT2D eigenvalue weighted by Gasteiger charge is -2.31. The number of carbonyl (C=O) groups is 2. The van der Waals surface area contributed by atoms with Crippen LogP contribution < -0.4 is 10.6 Å². The average Bonchev–Trinajstić information content (AvgIpc) is 3.08. The number of likely N-dealkylation sites (tertiary alicyclic amines) is 1. The number of anilines is 2. The van der Waals surface area contributed by atoms with Gasteiger partial charge in [0, 0.05) is 36.3 Å². The summed E-state index contributed by atoms with van der Waals surface area (Å²) in [5.41, 5.74) is 0.448. The summed E-state index contributed by atoms with van der Waals surface area (Å²) < 4.78 is 13.1. The Kier molecular flexibility index (Phi) is 5.05. The number of amides is 3. The predicted molar refractivity (Wildman–Crippen MR) is 90.5 cm³/mol. The lowest BCUT2D eigenvalue weighted by atomic mass is 9.96. The minimum atomic E-state index is -0.388. The highest BCUT2D eigenvalue weighted by molar-refractivity contribution is 7.13. The van der Waals surface area contributed by atoms with Crippen LogP contribution in [0.1, 0.15) is 12.8 Å². The van der Waals surface area contributed by atoms with Crippen molar-refractivity contribution in [1.82, 2.24) is 9.88 Å². The lowest BCUT2D eigenvalue weighted by molar-refractivity contribution is -0.121. The summed E-state index contributed by atoms with van der Waals surface area (Å²) in [4.78, 5) is 30.0. The molecule has 3 amide bonds. The Balaban J connectivity index is 1.49. The Hall–Kier alpha value is -2.48. The SMILES string of the molecule is O=C(Nc1cccc(F)c1)C1CCN(C(=O)Nc2nccs2)CC1. The monoisotopic (exact) mass is 348 g/mol. The van der Waals surface area contributed by atoms with Gasteiger partial charge in [0.05, 0.1) is 0 Å². The summed E-state index contributed by atoms with van der Waals surface area (Å²) in [6.45, 7) is 0.997. The summed E-state index contributed by atoms with van der Waals surface area (Å²) in [6, 6.07) is 5.62. The molecule has 1 aromatic heterocycles. The van der Waals surface area contributed by atoms with E-state index in [-0.39, 0.29) is 23.7 Å². The van der Waals surface area contributed by atoms with Crippen LogP contribution >= 0.6 is 11.3 Å². The van der Waals surface area contributed by atoms with Crippen molar-refractivity contribution >= 4 is 34.1 Å². The summed E-state index contributed by atoms with van der Waals surface area (Å²) in [6.07, 6.45) is 2.78. The second-order valence-electron chi connectivity index (χ2n) is 5.53. The summed E-state index contributed by atoms with van der Waals surface area (Å²) >= 11 is 1.36. The molecule has 6 nitrogen and oxygen atoms in total. The third-order valence-electron chi connectivity index (χ3n) is 3.89. The number of nitrogens with one attached hydrogen (secondary N) is 2. The minimum Gasteiger partial charge on any atom is -0.326 e. The highest BCUT2D eigenvalue weighted by Crippen LogP contribution is 2.21. The number of piperidine rings is 1. The van der Waals surface area contributed by atoms with Crippen molar-refractivity contribution < 1.29 is 14.0 Å². The van der Waals surface area contributed by atoms with Gasteiger partial charge in [-0.05, 0) is 31.0 Å². The molecule has 0 spiro atoms. The van der Waals surface area contributed by atoms with Crippen LogP contribution in [0.5, 0.6) is 0 Å². The molecule has 1 fully saturated rings. The van der Waals surface area contributed by atoms with Crippen LogP contribution in [-0.4, -0.2) is 34.9 Å². The van der Waals surface area contributed by atoms with E-state index >= 15 is 0 Å². The Morgan fingerprint density at radius 1 is 1.25 bits per heavy atom. The summed E-state index contributed by atoms with van der Waals surface area (Å²) in [5.74, 6) is -0.709. The molecule has 2 aromatic rings. The van der Waals surface area contributed by atoms with Crippen LogP contribution in [0.25, 0.3) is 0 Å². The van der Waals surface area contributed by atoms with Gasteiger partial charge in [0.2, 0.25) is 5.91 Å². The molecule has 0 atom stereocenters. The van der Waals surface area contributed by atoms with E-state index in [0.29, 0.717) is 36.8 Å². The van der Waals surface area contributed by atoms with E-state index in [1.165, 1.54) is 23.5 Å². The van der Waals surface area contributed by atoms with Gasteiger partial charge < -0.3 is 10.2 Å². The molecule has 1 aliphatic heterocycles. The van der Waals surface area contributed by atoms with Gasteiger partial charge in [0.25, 0.3) is 0 Å². The predicted octanol–water partition coefficient (Wildman–Crippen LogP) is 3.16. The van der Waals surface area contributed by atoms with Crippen molar-refractivity contribution in [3.8, 4) is 0 Å². The van der Waals surface area contributed by atoms with Crippen LogP contribution in [-0.2, 0) is 4.79 Å². The first-order valence-electron chi connectivity index (χ1n) is 7.63. The smallest absolute Gasteiger partial charge is 0.323 e. The Morgan fingerprint density at radius 2 is 2.04 bits per heavy atom. The quantitative estimate of drug-likeness (QED) is 0.895. The van der Waals surface area contributed by atoms with Crippen molar-refractivity contribution in [2.24, 2.45) is 5.92 Å². The molecule has 0 saturated carbocycles. The first-order chi connectivity index (χ1) is 11.6. The van der Waals surface area contributed by atoms with E-state index < -0.39 is 0 Å². The fourth-order valence-corrected chi connectivity index (χ4v) is 3.13. The van der Waals surface area contributed by atoms with Crippen molar-refractivity contribution in [2.75, 3.05) is 23.7 Å². The van der Waals surface area contributed by atoms with E-state index in [9.17, 15) is 14.0 Å². The average molecular weight is 348 g/mol. The summed E-state index contributed by atoms with van der Waals surface area (Å²) in [7, 11) is 0. The van der Waals surface area contributed by atoms with Crippen molar-refractivity contribution in [2.45, 2.75) is 12.8 Å². The van der Waals surface area contributed by atoms with E-state index in [1.807, 2.05) is 0 Å². The van der Waals surface area contributed by atoms with Crippen molar-refractivity contribution in [3.05, 3.63) is 41.7 Å². The maximum atomic E-state index is 13.1.